The number of β-amino-alcohol motifs (C(OH)–C–C–N with tert-alkyl or cyclic N) is 1. The summed E-state index contributed by atoms with van der Waals surface area (Å²) in [5, 5.41) is 10.9. The quantitative estimate of drug-likeness (QED) is 0.237. The van der Waals surface area contributed by atoms with Crippen molar-refractivity contribution < 1.29 is 32.9 Å². The zero-order valence-corrected chi connectivity index (χ0v) is 33.4. The Balaban J connectivity index is 1.08. The Hall–Kier alpha value is -5.20. The molecule has 1 N–H and O–H groups in total. The summed E-state index contributed by atoms with van der Waals surface area (Å²) >= 11 is 0. The fraction of sp³-hybridized carbons (Fsp3) is 0.535. The lowest BCUT2D eigenvalue weighted by molar-refractivity contribution is -0.126. The summed E-state index contributed by atoms with van der Waals surface area (Å²) in [5.74, 6) is 3.75. The van der Waals surface area contributed by atoms with Crippen LogP contribution in [0.3, 0.4) is 0 Å². The van der Waals surface area contributed by atoms with Gasteiger partial charge >= 0.3 is 6.01 Å². The highest BCUT2D eigenvalue weighted by Crippen LogP contribution is 2.41. The second-order valence-corrected chi connectivity index (χ2v) is 16.5. The van der Waals surface area contributed by atoms with Crippen LogP contribution in [-0.4, -0.2) is 133 Å². The van der Waals surface area contributed by atoms with E-state index < -0.39 is 23.6 Å². The Labute approximate surface area is 338 Å². The molecule has 58 heavy (non-hydrogen) atoms. The highest BCUT2D eigenvalue weighted by Gasteiger charge is 2.44. The van der Waals surface area contributed by atoms with Gasteiger partial charge in [0.25, 0.3) is 0 Å². The molecular formula is C43H52F2N8O5. The molecule has 308 valence electrons. The minimum atomic E-state index is -1.08. The Morgan fingerprint density at radius 2 is 2.03 bits per heavy atom. The van der Waals surface area contributed by atoms with Gasteiger partial charge in [-0.15, -0.1) is 6.42 Å². The van der Waals surface area contributed by atoms with Crippen LogP contribution >= 0.6 is 0 Å². The van der Waals surface area contributed by atoms with E-state index in [-0.39, 0.29) is 68.3 Å². The van der Waals surface area contributed by atoms with Crippen LogP contribution in [0, 0.1) is 18.2 Å². The third-order valence-electron chi connectivity index (χ3n) is 12.3. The minimum absolute atomic E-state index is 0.0656. The number of halogens is 2. The van der Waals surface area contributed by atoms with E-state index in [0.717, 1.165) is 36.5 Å². The third-order valence-corrected chi connectivity index (χ3v) is 12.3. The molecule has 0 saturated carbocycles. The van der Waals surface area contributed by atoms with Gasteiger partial charge in [0.1, 0.15) is 31.0 Å². The first-order valence-electron chi connectivity index (χ1n) is 20.2. The molecule has 0 bridgehead atoms. The van der Waals surface area contributed by atoms with Crippen molar-refractivity contribution in [1.29, 1.82) is 0 Å². The number of likely N-dealkylation sites (tertiary alicyclic amines) is 1. The third kappa shape index (κ3) is 7.59. The van der Waals surface area contributed by atoms with Gasteiger partial charge in [0, 0.05) is 58.5 Å². The van der Waals surface area contributed by atoms with Crippen LogP contribution in [0.5, 0.6) is 11.8 Å². The number of rotatable bonds is 10. The second-order valence-electron chi connectivity index (χ2n) is 16.5. The van der Waals surface area contributed by atoms with Crippen LogP contribution in [0.25, 0.3) is 0 Å². The van der Waals surface area contributed by atoms with Crippen LogP contribution in [0.15, 0.2) is 43.1 Å². The van der Waals surface area contributed by atoms with Crippen molar-refractivity contribution in [3.63, 3.8) is 0 Å². The molecule has 3 saturated heterocycles. The van der Waals surface area contributed by atoms with Crippen LogP contribution in [-0.2, 0) is 22.4 Å². The number of amides is 1. The lowest BCUT2D eigenvalue weighted by Gasteiger charge is -2.42. The number of ether oxygens (including phenoxy) is 3. The van der Waals surface area contributed by atoms with E-state index in [9.17, 15) is 9.90 Å². The number of aromatic nitrogens is 3. The fourth-order valence-electron chi connectivity index (χ4n) is 9.40. The number of benzene rings is 1. The first-order chi connectivity index (χ1) is 28.0. The number of nitrogens with zero attached hydrogens (tertiary/aromatic N) is 8. The summed E-state index contributed by atoms with van der Waals surface area (Å²) < 4.78 is 49.0. The highest BCUT2D eigenvalue weighted by atomic mass is 19.1. The molecule has 8 rings (SSSR count). The smallest absolute Gasteiger partial charge is 0.318 e. The molecule has 6 atom stereocenters. The lowest BCUT2D eigenvalue weighted by Crippen LogP contribution is -2.50. The number of anilines is 4. The van der Waals surface area contributed by atoms with Gasteiger partial charge in [-0.25, -0.2) is 13.8 Å². The molecule has 3 fully saturated rings. The maximum atomic E-state index is 15.3. The monoisotopic (exact) mass is 798 g/mol. The molecule has 7 heterocycles. The zero-order chi connectivity index (χ0) is 40.7. The van der Waals surface area contributed by atoms with Crippen molar-refractivity contribution in [2.75, 3.05) is 85.8 Å². The molecule has 1 aromatic carbocycles. The molecule has 5 aliphatic heterocycles. The summed E-state index contributed by atoms with van der Waals surface area (Å²) in [7, 11) is 1.90. The van der Waals surface area contributed by atoms with E-state index in [2.05, 4.69) is 24.3 Å². The number of aliphatic hydroxyl groups is 1. The van der Waals surface area contributed by atoms with Crippen LogP contribution in [0.1, 0.15) is 49.9 Å². The van der Waals surface area contributed by atoms with Gasteiger partial charge in [-0.3, -0.25) is 4.79 Å². The molecule has 1 amide bonds. The molecule has 5 aliphatic rings. The van der Waals surface area contributed by atoms with E-state index in [1.54, 1.807) is 12.3 Å². The van der Waals surface area contributed by atoms with Crippen molar-refractivity contribution in [2.24, 2.45) is 0 Å². The van der Waals surface area contributed by atoms with Crippen molar-refractivity contribution in [3.05, 3.63) is 65.8 Å². The predicted molar refractivity (Wildman–Crippen MR) is 217 cm³/mol. The Bertz CT molecular complexity index is 2070. The Morgan fingerprint density at radius 3 is 2.79 bits per heavy atom. The van der Waals surface area contributed by atoms with Crippen molar-refractivity contribution in [1.82, 2.24) is 19.9 Å². The van der Waals surface area contributed by atoms with Crippen LogP contribution in [0.2, 0.25) is 0 Å². The van der Waals surface area contributed by atoms with E-state index in [1.165, 1.54) is 12.1 Å². The van der Waals surface area contributed by atoms with Gasteiger partial charge in [0.15, 0.2) is 11.6 Å². The van der Waals surface area contributed by atoms with Gasteiger partial charge in [-0.2, -0.15) is 9.97 Å². The molecule has 2 aromatic heterocycles. The second kappa shape index (κ2) is 16.2. The first kappa shape index (κ1) is 39.6. The van der Waals surface area contributed by atoms with E-state index in [0.29, 0.717) is 62.1 Å². The number of likely N-dealkylation sites (N-methyl/N-ethyl adjacent to an activating group) is 1. The number of hydrogen-bond acceptors (Lipinski definition) is 12. The number of aliphatic hydroxyl groups excluding tert-OH is 1. The van der Waals surface area contributed by atoms with E-state index >= 15 is 8.78 Å². The molecular weight excluding hydrogens is 747 g/mol. The molecule has 0 aliphatic carbocycles. The lowest BCUT2D eigenvalue weighted by atomic mass is 9.93. The number of alkyl halides is 1. The number of carbonyl (C=O) groups is 1. The number of hydrogen-bond donors (Lipinski definition) is 1. The summed E-state index contributed by atoms with van der Waals surface area (Å²) in [6.45, 7) is 11.7. The number of pyridine rings is 1. The van der Waals surface area contributed by atoms with Crippen molar-refractivity contribution in [2.45, 2.75) is 81.9 Å². The van der Waals surface area contributed by atoms with Crippen molar-refractivity contribution in [3.8, 4) is 24.1 Å². The SMILES string of the molecule is C#Cc1c(F)ccc2c1N([C@@H]1COc3c(nc(OC[C@]4(C)C[C@@H](F)CN4c4ccc(N5CCOC[C@H]5C)nc4)nc3N(C)C[C@@H]3CCCN3C(=O)C=C)C1)C[C@H](O)C2. The summed E-state index contributed by atoms with van der Waals surface area (Å²) in [4.78, 5) is 37.2. The maximum absolute atomic E-state index is 15.3. The van der Waals surface area contributed by atoms with Gasteiger partial charge in [-0.05, 0) is 56.5 Å². The zero-order valence-electron chi connectivity index (χ0n) is 33.4. The van der Waals surface area contributed by atoms with Gasteiger partial charge in [0.2, 0.25) is 5.91 Å². The Kier molecular flexibility index (Phi) is 11.1. The minimum Gasteiger partial charge on any atom is -0.486 e. The van der Waals surface area contributed by atoms with E-state index in [1.807, 2.05) is 45.7 Å². The van der Waals surface area contributed by atoms with Gasteiger partial charge < -0.3 is 43.8 Å². The van der Waals surface area contributed by atoms with Crippen LogP contribution < -0.4 is 29.1 Å². The average molecular weight is 799 g/mol. The number of carbonyl (C=O) groups excluding carboxylic acids is 1. The predicted octanol–water partition coefficient (Wildman–Crippen LogP) is 3.94. The maximum Gasteiger partial charge on any atom is 0.318 e. The highest BCUT2D eigenvalue weighted by molar-refractivity contribution is 5.87. The summed E-state index contributed by atoms with van der Waals surface area (Å²) in [5.41, 5.74) is 2.11. The summed E-state index contributed by atoms with van der Waals surface area (Å²) in [6, 6.07) is 6.86. The number of fused-ring (bicyclic) bond motifs is 2. The summed E-state index contributed by atoms with van der Waals surface area (Å²) in [6.07, 6.45) is 9.86. The molecule has 3 aromatic rings. The normalized spacial score (nSPS) is 26.7. The van der Waals surface area contributed by atoms with Gasteiger partial charge in [-0.1, -0.05) is 18.6 Å². The number of terminal acetylenes is 1. The number of morpholine rings is 1. The van der Waals surface area contributed by atoms with Crippen molar-refractivity contribution >= 4 is 28.9 Å². The first-order valence-corrected chi connectivity index (χ1v) is 20.2. The largest absolute Gasteiger partial charge is 0.486 e. The fourth-order valence-corrected chi connectivity index (χ4v) is 9.40. The molecule has 15 heteroatoms. The average Bonchev–Trinajstić information content (AvgIpc) is 3.81. The van der Waals surface area contributed by atoms with Gasteiger partial charge in [0.05, 0.1) is 72.3 Å². The molecule has 0 spiro atoms. The standard InChI is InChI=1S/C43H52F2N8O5/c1-6-34-35(45)12-10-28-17-33(54)23-52(39(28)34)32-18-36-40(57-25-32)41(49(5)22-31-9-8-14-51(31)38(55)7-2)48-42(47-36)58-26-43(4)19-29(44)21-53(43)30-11-13-37(46-20-30)50-15-16-56-24-27(50)3/h1,7,10-13,20,27,29,31-33,54H,2,8-9,14-19,21-26H2,3-5H3/t27-,29-,31+,32+,33-,43+/m1/s1. The molecule has 0 radical (unpaired) electrons. The molecule has 0 unspecified atom stereocenters. The van der Waals surface area contributed by atoms with Crippen LogP contribution in [0.4, 0.5) is 31.8 Å². The van der Waals surface area contributed by atoms with E-state index in [4.69, 9.17) is 35.6 Å². The topological polar surface area (TPSA) is 120 Å². The molecule has 13 nitrogen and oxygen atoms in total. The Morgan fingerprint density at radius 1 is 1.19 bits per heavy atom.